The van der Waals surface area contributed by atoms with Crippen LogP contribution in [0.5, 0.6) is 0 Å². The zero-order valence-corrected chi connectivity index (χ0v) is 8.62. The van der Waals surface area contributed by atoms with Crippen molar-refractivity contribution in [3.8, 4) is 0 Å². The van der Waals surface area contributed by atoms with E-state index in [9.17, 15) is 0 Å². The molecule has 0 radical (unpaired) electrons. The first-order valence-corrected chi connectivity index (χ1v) is 5.03. The number of hydrogen-bond acceptors (Lipinski definition) is 4. The van der Waals surface area contributed by atoms with E-state index in [1.807, 2.05) is 7.05 Å². The lowest BCUT2D eigenvalue weighted by atomic mass is 10.3. The van der Waals surface area contributed by atoms with E-state index in [0.29, 0.717) is 0 Å². The van der Waals surface area contributed by atoms with Crippen molar-refractivity contribution < 1.29 is 0 Å². The Morgan fingerprint density at radius 3 is 2.79 bits per heavy atom. The first-order chi connectivity index (χ1) is 6.79. The molecule has 0 bridgehead atoms. The number of nitrogens with zero attached hydrogens (tertiary/aromatic N) is 2. The highest BCUT2D eigenvalue weighted by atomic mass is 15.1. The number of anilines is 2. The van der Waals surface area contributed by atoms with Gasteiger partial charge in [0, 0.05) is 13.6 Å². The molecule has 2 N–H and O–H groups in total. The standard InChI is InChI=1S/C10H16N4/c1-7-3-8(7)4-13-10-6-12-5-9(11-2)14-10/h5-8H,3-4H2,1-2H3,(H2,11,13,14). The smallest absolute Gasteiger partial charge is 0.146 e. The molecule has 1 aliphatic carbocycles. The van der Waals surface area contributed by atoms with Crippen molar-refractivity contribution in [2.45, 2.75) is 13.3 Å². The van der Waals surface area contributed by atoms with Crippen LogP contribution in [0, 0.1) is 11.8 Å². The van der Waals surface area contributed by atoms with Gasteiger partial charge in [0.05, 0.1) is 12.4 Å². The molecular formula is C10H16N4. The summed E-state index contributed by atoms with van der Waals surface area (Å²) in [5.41, 5.74) is 0. The molecule has 14 heavy (non-hydrogen) atoms. The third-order valence-electron chi connectivity index (χ3n) is 2.71. The molecule has 1 saturated carbocycles. The molecule has 0 amide bonds. The SMILES string of the molecule is CNc1cncc(NCC2CC2C)n1. The molecule has 0 spiro atoms. The van der Waals surface area contributed by atoms with Crippen LogP contribution in [0.4, 0.5) is 11.6 Å². The van der Waals surface area contributed by atoms with E-state index < -0.39 is 0 Å². The summed E-state index contributed by atoms with van der Waals surface area (Å²) in [6, 6.07) is 0. The van der Waals surface area contributed by atoms with E-state index in [0.717, 1.165) is 30.0 Å². The topological polar surface area (TPSA) is 49.8 Å². The number of rotatable bonds is 4. The molecule has 1 aromatic heterocycles. The maximum atomic E-state index is 4.33. The van der Waals surface area contributed by atoms with E-state index in [1.165, 1.54) is 6.42 Å². The molecule has 1 aromatic rings. The minimum absolute atomic E-state index is 0.804. The van der Waals surface area contributed by atoms with E-state index in [4.69, 9.17) is 0 Å². The third-order valence-corrected chi connectivity index (χ3v) is 2.71. The van der Waals surface area contributed by atoms with Gasteiger partial charge < -0.3 is 10.6 Å². The molecule has 1 heterocycles. The van der Waals surface area contributed by atoms with Crippen molar-refractivity contribution in [2.75, 3.05) is 24.2 Å². The van der Waals surface area contributed by atoms with Crippen molar-refractivity contribution in [1.29, 1.82) is 0 Å². The number of nitrogens with one attached hydrogen (secondary N) is 2. The molecule has 76 valence electrons. The predicted molar refractivity (Wildman–Crippen MR) is 57.3 cm³/mol. The Kier molecular flexibility index (Phi) is 2.52. The van der Waals surface area contributed by atoms with Gasteiger partial charge in [-0.05, 0) is 18.3 Å². The van der Waals surface area contributed by atoms with Gasteiger partial charge in [-0.25, -0.2) is 4.98 Å². The maximum absolute atomic E-state index is 4.33. The third kappa shape index (κ3) is 2.13. The molecule has 0 aromatic carbocycles. The van der Waals surface area contributed by atoms with Gasteiger partial charge >= 0.3 is 0 Å². The van der Waals surface area contributed by atoms with Gasteiger partial charge in [0.2, 0.25) is 0 Å². The first kappa shape index (κ1) is 9.24. The average Bonchev–Trinajstić information content (AvgIpc) is 2.92. The van der Waals surface area contributed by atoms with Crippen LogP contribution in [0.25, 0.3) is 0 Å². The zero-order chi connectivity index (χ0) is 9.97. The van der Waals surface area contributed by atoms with Gasteiger partial charge in [0.25, 0.3) is 0 Å². The molecule has 4 nitrogen and oxygen atoms in total. The average molecular weight is 192 g/mol. The first-order valence-electron chi connectivity index (χ1n) is 5.03. The minimum Gasteiger partial charge on any atom is -0.372 e. The molecular weight excluding hydrogens is 176 g/mol. The van der Waals surface area contributed by atoms with Crippen LogP contribution in [0.2, 0.25) is 0 Å². The van der Waals surface area contributed by atoms with Crippen molar-refractivity contribution in [1.82, 2.24) is 9.97 Å². The lowest BCUT2D eigenvalue weighted by Crippen LogP contribution is -2.07. The summed E-state index contributed by atoms with van der Waals surface area (Å²) in [6.45, 7) is 3.30. The normalized spacial score (nSPS) is 24.4. The van der Waals surface area contributed by atoms with Crippen LogP contribution in [-0.2, 0) is 0 Å². The predicted octanol–water partition coefficient (Wildman–Crippen LogP) is 1.59. The molecule has 2 atom stereocenters. The molecule has 0 saturated heterocycles. The second-order valence-electron chi connectivity index (χ2n) is 3.89. The highest BCUT2D eigenvalue weighted by Crippen LogP contribution is 2.37. The quantitative estimate of drug-likeness (QED) is 0.760. The van der Waals surface area contributed by atoms with Crippen LogP contribution in [-0.4, -0.2) is 23.6 Å². The minimum atomic E-state index is 0.804. The van der Waals surface area contributed by atoms with Crippen molar-refractivity contribution >= 4 is 11.6 Å². The van der Waals surface area contributed by atoms with E-state index >= 15 is 0 Å². The van der Waals surface area contributed by atoms with Gasteiger partial charge in [-0.15, -0.1) is 0 Å². The second-order valence-corrected chi connectivity index (χ2v) is 3.89. The Hall–Kier alpha value is -1.32. The summed E-state index contributed by atoms with van der Waals surface area (Å²) in [5.74, 6) is 3.37. The van der Waals surface area contributed by atoms with Crippen LogP contribution in [0.1, 0.15) is 13.3 Å². The fraction of sp³-hybridized carbons (Fsp3) is 0.600. The molecule has 1 fully saturated rings. The molecule has 4 heteroatoms. The Balaban J connectivity index is 1.88. The van der Waals surface area contributed by atoms with E-state index in [1.54, 1.807) is 12.4 Å². The highest BCUT2D eigenvalue weighted by molar-refractivity contribution is 5.41. The summed E-state index contributed by atoms with van der Waals surface area (Å²) < 4.78 is 0. The number of hydrogen-bond donors (Lipinski definition) is 2. The lowest BCUT2D eigenvalue weighted by Gasteiger charge is -2.05. The van der Waals surface area contributed by atoms with Crippen molar-refractivity contribution in [3.05, 3.63) is 12.4 Å². The Morgan fingerprint density at radius 2 is 2.14 bits per heavy atom. The van der Waals surface area contributed by atoms with Gasteiger partial charge in [0.15, 0.2) is 0 Å². The molecule has 0 aliphatic heterocycles. The van der Waals surface area contributed by atoms with Gasteiger partial charge in [0.1, 0.15) is 11.6 Å². The summed E-state index contributed by atoms with van der Waals surface area (Å²) >= 11 is 0. The van der Waals surface area contributed by atoms with Gasteiger partial charge in [-0.2, -0.15) is 0 Å². The lowest BCUT2D eigenvalue weighted by molar-refractivity contribution is 0.784. The second kappa shape index (κ2) is 3.82. The van der Waals surface area contributed by atoms with Gasteiger partial charge in [-0.1, -0.05) is 6.92 Å². The zero-order valence-electron chi connectivity index (χ0n) is 8.62. The van der Waals surface area contributed by atoms with Crippen LogP contribution in [0.15, 0.2) is 12.4 Å². The van der Waals surface area contributed by atoms with Crippen LogP contribution >= 0.6 is 0 Å². The van der Waals surface area contributed by atoms with Gasteiger partial charge in [-0.3, -0.25) is 4.98 Å². The molecule has 2 rings (SSSR count). The fourth-order valence-electron chi connectivity index (χ4n) is 1.49. The largest absolute Gasteiger partial charge is 0.372 e. The fourth-order valence-corrected chi connectivity index (χ4v) is 1.49. The monoisotopic (exact) mass is 192 g/mol. The summed E-state index contributed by atoms with van der Waals surface area (Å²) in [5, 5.41) is 6.26. The molecule has 1 aliphatic rings. The molecule has 2 unspecified atom stereocenters. The summed E-state index contributed by atoms with van der Waals surface area (Å²) in [7, 11) is 1.84. The van der Waals surface area contributed by atoms with Crippen LogP contribution in [0.3, 0.4) is 0 Å². The van der Waals surface area contributed by atoms with Crippen molar-refractivity contribution in [3.63, 3.8) is 0 Å². The Morgan fingerprint density at radius 1 is 1.43 bits per heavy atom. The van der Waals surface area contributed by atoms with Crippen molar-refractivity contribution in [2.24, 2.45) is 11.8 Å². The number of aromatic nitrogens is 2. The van der Waals surface area contributed by atoms with E-state index in [2.05, 4.69) is 27.5 Å². The van der Waals surface area contributed by atoms with Crippen LogP contribution < -0.4 is 10.6 Å². The van der Waals surface area contributed by atoms with E-state index in [-0.39, 0.29) is 0 Å². The summed E-state index contributed by atoms with van der Waals surface area (Å²) in [4.78, 5) is 8.42. The summed E-state index contributed by atoms with van der Waals surface area (Å²) in [6.07, 6.45) is 4.81. The maximum Gasteiger partial charge on any atom is 0.146 e. The Bertz CT molecular complexity index is 313. The Labute approximate surface area is 84.2 Å². The highest BCUT2D eigenvalue weighted by Gasteiger charge is 2.31.